The van der Waals surface area contributed by atoms with Crippen molar-refractivity contribution in [2.45, 2.75) is 6.92 Å². The lowest BCUT2D eigenvalue weighted by atomic mass is 10.5. The zero-order valence-electron chi connectivity index (χ0n) is 6.11. The van der Waals surface area contributed by atoms with Crippen molar-refractivity contribution >= 4 is 11.2 Å². The summed E-state index contributed by atoms with van der Waals surface area (Å²) in [4.78, 5) is 18.1. The molecule has 5 nitrogen and oxygen atoms in total. The van der Waals surface area contributed by atoms with Crippen molar-refractivity contribution in [3.05, 3.63) is 22.6 Å². The van der Waals surface area contributed by atoms with Crippen molar-refractivity contribution in [2.75, 3.05) is 0 Å². The summed E-state index contributed by atoms with van der Waals surface area (Å²) in [6, 6.07) is 0. The topological polar surface area (TPSA) is 60.9 Å². The molecule has 2 rings (SSSR count). The smallest absolute Gasteiger partial charge is 0.311 e. The van der Waals surface area contributed by atoms with Crippen LogP contribution < -0.4 is 5.56 Å². The Bertz CT molecular complexity index is 487. The third-order valence-corrected chi connectivity index (χ3v) is 1.48. The van der Waals surface area contributed by atoms with Gasteiger partial charge in [-0.05, 0) is 6.92 Å². The van der Waals surface area contributed by atoms with Crippen LogP contribution in [0.25, 0.3) is 11.2 Å². The van der Waals surface area contributed by atoms with E-state index in [-0.39, 0.29) is 21.8 Å². The molecule has 0 aliphatic heterocycles. The third-order valence-electron chi connectivity index (χ3n) is 1.48. The first-order valence-corrected chi connectivity index (χ1v) is 3.19. The van der Waals surface area contributed by atoms with E-state index in [9.17, 15) is 9.28 Å². The van der Waals surface area contributed by atoms with Gasteiger partial charge in [-0.15, -0.1) is 4.79 Å². The van der Waals surface area contributed by atoms with Crippen LogP contribution in [0.5, 0.6) is 0 Å². The molecule has 6 heteroatoms. The van der Waals surface area contributed by atoms with E-state index in [4.69, 9.17) is 4.42 Å². The molecule has 0 spiro atoms. The normalized spacial score (nSPS) is 10.8. The van der Waals surface area contributed by atoms with E-state index < -0.39 is 5.56 Å². The van der Waals surface area contributed by atoms with Crippen molar-refractivity contribution < 1.29 is 8.90 Å². The first-order valence-electron chi connectivity index (χ1n) is 3.19. The van der Waals surface area contributed by atoms with Gasteiger partial charge in [0.25, 0.3) is 5.71 Å². The number of aromatic nitrogens is 3. The van der Waals surface area contributed by atoms with E-state index in [1.54, 1.807) is 0 Å². The Kier molecular flexibility index (Phi) is 1.24. The van der Waals surface area contributed by atoms with Crippen molar-refractivity contribution in [1.29, 1.82) is 0 Å². The van der Waals surface area contributed by atoms with E-state index in [1.807, 2.05) is 0 Å². The zero-order chi connectivity index (χ0) is 8.72. The Morgan fingerprint density at radius 1 is 1.67 bits per heavy atom. The number of fused-ring (bicyclic) bond motifs is 1. The van der Waals surface area contributed by atoms with Gasteiger partial charge < -0.3 is 4.42 Å². The molecule has 0 aromatic carbocycles. The number of aryl methyl sites for hydroxylation is 1. The predicted molar refractivity (Wildman–Crippen MR) is 37.3 cm³/mol. The molecule has 0 radical (unpaired) electrons. The van der Waals surface area contributed by atoms with Crippen molar-refractivity contribution in [3.8, 4) is 0 Å². The summed E-state index contributed by atoms with van der Waals surface area (Å²) in [5, 5.41) is 0. The minimum atomic E-state index is -0.841. The minimum absolute atomic E-state index is 0.0516. The van der Waals surface area contributed by atoms with E-state index in [2.05, 4.69) is 9.97 Å². The van der Waals surface area contributed by atoms with Gasteiger partial charge in [0.05, 0.1) is 0 Å². The summed E-state index contributed by atoms with van der Waals surface area (Å²) in [6.45, 7) is 1.36. The first kappa shape index (κ1) is 6.96. The fraction of sp³-hybridized carbons (Fsp3) is 0.167. The molecule has 0 saturated carbocycles. The highest BCUT2D eigenvalue weighted by atomic mass is 19.2. The molecule has 0 aliphatic carbocycles. The first-order chi connectivity index (χ1) is 5.70. The average molecular weight is 169 g/mol. The molecule has 0 atom stereocenters. The van der Waals surface area contributed by atoms with Crippen molar-refractivity contribution in [3.63, 3.8) is 0 Å². The SMILES string of the molecule is Cc1nc2ocnc2c(=O)n1F. The predicted octanol–water partition coefficient (Wildman–Crippen LogP) is 0.426. The van der Waals surface area contributed by atoms with Crippen LogP contribution in [0.1, 0.15) is 5.82 Å². The van der Waals surface area contributed by atoms with Crippen LogP contribution in [0.3, 0.4) is 0 Å². The lowest BCUT2D eigenvalue weighted by Gasteiger charge is -1.94. The van der Waals surface area contributed by atoms with Crippen LogP contribution in [0.4, 0.5) is 4.48 Å². The quantitative estimate of drug-likeness (QED) is 0.573. The second-order valence-electron chi connectivity index (χ2n) is 2.25. The third kappa shape index (κ3) is 0.744. The Hall–Kier alpha value is -1.72. The highest BCUT2D eigenvalue weighted by molar-refractivity contribution is 5.65. The van der Waals surface area contributed by atoms with Gasteiger partial charge in [0.1, 0.15) is 5.82 Å². The van der Waals surface area contributed by atoms with Crippen molar-refractivity contribution in [1.82, 2.24) is 14.8 Å². The second-order valence-corrected chi connectivity index (χ2v) is 2.25. The van der Waals surface area contributed by atoms with Gasteiger partial charge in [-0.3, -0.25) is 4.79 Å². The molecule has 0 amide bonds. The van der Waals surface area contributed by atoms with Gasteiger partial charge in [0.15, 0.2) is 11.9 Å². The maximum absolute atomic E-state index is 12.8. The van der Waals surface area contributed by atoms with Gasteiger partial charge in [-0.25, -0.2) is 4.98 Å². The molecule has 0 fully saturated rings. The number of oxazole rings is 1. The Labute approximate surface area is 65.4 Å². The molecule has 12 heavy (non-hydrogen) atoms. The highest BCUT2D eigenvalue weighted by Crippen LogP contribution is 2.04. The van der Waals surface area contributed by atoms with Gasteiger partial charge >= 0.3 is 5.56 Å². The maximum atomic E-state index is 12.8. The molecular weight excluding hydrogens is 165 g/mol. The molecule has 0 saturated heterocycles. The van der Waals surface area contributed by atoms with Gasteiger partial charge in [-0.2, -0.15) is 4.98 Å². The minimum Gasteiger partial charge on any atom is -0.425 e. The standard InChI is InChI=1S/C6H4FN3O2/c1-3-9-5-4(8-2-12-5)6(11)10(3)7/h2H,1H3. The lowest BCUT2D eigenvalue weighted by Crippen LogP contribution is -2.17. The van der Waals surface area contributed by atoms with E-state index in [0.29, 0.717) is 0 Å². The molecule has 0 N–H and O–H groups in total. The molecule has 0 bridgehead atoms. The molecule has 0 aliphatic rings. The number of hydrogen-bond acceptors (Lipinski definition) is 4. The van der Waals surface area contributed by atoms with E-state index >= 15 is 0 Å². The fourth-order valence-corrected chi connectivity index (χ4v) is 0.897. The zero-order valence-corrected chi connectivity index (χ0v) is 6.11. The van der Waals surface area contributed by atoms with E-state index in [0.717, 1.165) is 6.39 Å². The molecule has 0 unspecified atom stereocenters. The average Bonchev–Trinajstić information content (AvgIpc) is 2.48. The Morgan fingerprint density at radius 3 is 3.17 bits per heavy atom. The van der Waals surface area contributed by atoms with Gasteiger partial charge in [-0.1, -0.05) is 4.48 Å². The summed E-state index contributed by atoms with van der Waals surface area (Å²) in [7, 11) is 0. The second kappa shape index (κ2) is 2.13. The summed E-state index contributed by atoms with van der Waals surface area (Å²) >= 11 is 0. The number of hydrogen-bond donors (Lipinski definition) is 0. The van der Waals surface area contributed by atoms with Gasteiger partial charge in [0.2, 0.25) is 0 Å². The summed E-state index contributed by atoms with van der Waals surface area (Å²) in [5.74, 6) is -0.0516. The molecule has 62 valence electrons. The lowest BCUT2D eigenvalue weighted by molar-refractivity contribution is 0.336. The van der Waals surface area contributed by atoms with Crippen LogP contribution in [0, 0.1) is 6.92 Å². The molecule has 2 aromatic rings. The van der Waals surface area contributed by atoms with Crippen molar-refractivity contribution in [2.24, 2.45) is 0 Å². The Morgan fingerprint density at radius 2 is 2.42 bits per heavy atom. The number of nitrogens with zero attached hydrogens (tertiary/aromatic N) is 3. The largest absolute Gasteiger partial charge is 0.425 e. The van der Waals surface area contributed by atoms with Crippen LogP contribution in [-0.2, 0) is 0 Å². The molecular formula is C6H4FN3O2. The molecule has 2 heterocycles. The number of halogens is 1. The van der Waals surface area contributed by atoms with Crippen LogP contribution >= 0.6 is 0 Å². The summed E-state index contributed by atoms with van der Waals surface area (Å²) in [5.41, 5.74) is -0.874. The van der Waals surface area contributed by atoms with Crippen LogP contribution in [-0.4, -0.2) is 14.8 Å². The van der Waals surface area contributed by atoms with E-state index in [1.165, 1.54) is 6.92 Å². The monoisotopic (exact) mass is 169 g/mol. The molecule has 2 aromatic heterocycles. The summed E-state index contributed by atoms with van der Waals surface area (Å²) < 4.78 is 17.5. The maximum Gasteiger partial charge on any atom is 0.311 e. The summed E-state index contributed by atoms with van der Waals surface area (Å²) in [6.07, 6.45) is 1.05. The highest BCUT2D eigenvalue weighted by Gasteiger charge is 2.10. The van der Waals surface area contributed by atoms with Crippen LogP contribution in [0.2, 0.25) is 0 Å². The Balaban J connectivity index is 3.05. The van der Waals surface area contributed by atoms with Gasteiger partial charge in [0, 0.05) is 0 Å². The fourth-order valence-electron chi connectivity index (χ4n) is 0.897. The van der Waals surface area contributed by atoms with Crippen LogP contribution in [0.15, 0.2) is 15.6 Å². The number of rotatable bonds is 0.